The predicted octanol–water partition coefficient (Wildman–Crippen LogP) is 1.38. The number of nitrogens with one attached hydrogen (secondary N) is 2. The van der Waals surface area contributed by atoms with E-state index in [0.29, 0.717) is 6.54 Å². The average Bonchev–Trinajstić information content (AvgIpc) is 2.72. The second kappa shape index (κ2) is 5.14. The van der Waals surface area contributed by atoms with Gasteiger partial charge in [-0.15, -0.1) is 11.3 Å². The first-order valence-corrected chi connectivity index (χ1v) is 6.33. The van der Waals surface area contributed by atoms with Gasteiger partial charge in [-0.25, -0.2) is 4.98 Å². The van der Waals surface area contributed by atoms with E-state index in [1.54, 1.807) is 13.0 Å². The van der Waals surface area contributed by atoms with Crippen LogP contribution in [0.25, 0.3) is 0 Å². The van der Waals surface area contributed by atoms with Crippen LogP contribution in [0.3, 0.4) is 0 Å². The van der Waals surface area contributed by atoms with Crippen molar-refractivity contribution in [2.75, 3.05) is 0 Å². The number of H-pyrrole nitrogens is 1. The van der Waals surface area contributed by atoms with Crippen LogP contribution in [0.5, 0.6) is 0 Å². The molecule has 2 N–H and O–H groups in total. The van der Waals surface area contributed by atoms with E-state index in [1.807, 2.05) is 12.3 Å². The van der Waals surface area contributed by atoms with E-state index in [4.69, 9.17) is 0 Å². The van der Waals surface area contributed by atoms with Crippen molar-refractivity contribution in [2.45, 2.75) is 20.4 Å². The molecule has 2 aromatic heterocycles. The summed E-state index contributed by atoms with van der Waals surface area (Å²) in [5.41, 5.74) is 1.27. The lowest BCUT2D eigenvalue weighted by molar-refractivity contribution is 0.0949. The van der Waals surface area contributed by atoms with Crippen LogP contribution in [0.15, 0.2) is 22.3 Å². The zero-order valence-corrected chi connectivity index (χ0v) is 10.9. The highest BCUT2D eigenvalue weighted by Crippen LogP contribution is 2.07. The lowest BCUT2D eigenvalue weighted by Crippen LogP contribution is -2.29. The fourth-order valence-corrected chi connectivity index (χ4v) is 2.12. The number of nitrogens with zero attached hydrogens (tertiary/aromatic N) is 1. The van der Waals surface area contributed by atoms with Crippen LogP contribution in [0, 0.1) is 13.8 Å². The molecule has 0 radical (unpaired) electrons. The van der Waals surface area contributed by atoms with Gasteiger partial charge in [0.15, 0.2) is 0 Å². The molecular formula is C12H13N3O2S. The summed E-state index contributed by atoms with van der Waals surface area (Å²) >= 11 is 1.53. The van der Waals surface area contributed by atoms with Crippen molar-refractivity contribution in [3.8, 4) is 0 Å². The Kier molecular flexibility index (Phi) is 3.57. The first-order chi connectivity index (χ1) is 8.56. The molecular weight excluding hydrogens is 250 g/mol. The van der Waals surface area contributed by atoms with Crippen LogP contribution in [0.2, 0.25) is 0 Å². The smallest absolute Gasteiger partial charge is 0.260 e. The molecule has 0 aliphatic carbocycles. The SMILES string of the molecule is Cc1ccc(C(=O)NCc2csc(C)n2)c(=O)[nH]1. The molecule has 0 aromatic carbocycles. The zero-order chi connectivity index (χ0) is 13.1. The van der Waals surface area contributed by atoms with Crippen LogP contribution in [0.4, 0.5) is 0 Å². The minimum Gasteiger partial charge on any atom is -0.346 e. The number of hydrogen-bond donors (Lipinski definition) is 2. The Morgan fingerprint density at radius 2 is 2.22 bits per heavy atom. The van der Waals surface area contributed by atoms with Crippen molar-refractivity contribution < 1.29 is 4.79 Å². The van der Waals surface area contributed by atoms with Gasteiger partial charge in [0, 0.05) is 11.1 Å². The highest BCUT2D eigenvalue weighted by molar-refractivity contribution is 7.09. The molecule has 0 spiro atoms. The Bertz CT molecular complexity index is 630. The molecule has 1 amide bonds. The van der Waals surface area contributed by atoms with Crippen molar-refractivity contribution >= 4 is 17.2 Å². The van der Waals surface area contributed by atoms with E-state index in [-0.39, 0.29) is 17.0 Å². The first-order valence-electron chi connectivity index (χ1n) is 5.45. The van der Waals surface area contributed by atoms with Gasteiger partial charge < -0.3 is 10.3 Å². The summed E-state index contributed by atoms with van der Waals surface area (Å²) in [7, 11) is 0. The topological polar surface area (TPSA) is 74.8 Å². The lowest BCUT2D eigenvalue weighted by atomic mass is 10.2. The van der Waals surface area contributed by atoms with Crippen molar-refractivity contribution in [1.29, 1.82) is 0 Å². The third kappa shape index (κ3) is 2.84. The fourth-order valence-electron chi connectivity index (χ4n) is 1.51. The molecule has 0 atom stereocenters. The number of thiazole rings is 1. The molecule has 0 saturated heterocycles. The fraction of sp³-hybridized carbons (Fsp3) is 0.250. The molecule has 2 heterocycles. The standard InChI is InChI=1S/C12H13N3O2S/c1-7-3-4-10(12(17)14-7)11(16)13-5-9-6-18-8(2)15-9/h3-4,6H,5H2,1-2H3,(H,13,16)(H,14,17). The first kappa shape index (κ1) is 12.5. The summed E-state index contributed by atoms with van der Waals surface area (Å²) in [6.45, 7) is 4.00. The van der Waals surface area contributed by atoms with Crippen LogP contribution >= 0.6 is 11.3 Å². The third-order valence-electron chi connectivity index (χ3n) is 2.40. The van der Waals surface area contributed by atoms with Gasteiger partial charge in [-0.2, -0.15) is 0 Å². The van der Waals surface area contributed by atoms with Crippen molar-refractivity contribution in [2.24, 2.45) is 0 Å². The van der Waals surface area contributed by atoms with E-state index in [2.05, 4.69) is 15.3 Å². The molecule has 5 nitrogen and oxygen atoms in total. The summed E-state index contributed by atoms with van der Waals surface area (Å²) < 4.78 is 0. The molecule has 6 heteroatoms. The zero-order valence-electron chi connectivity index (χ0n) is 10.1. The van der Waals surface area contributed by atoms with Gasteiger partial charge in [0.25, 0.3) is 11.5 Å². The van der Waals surface area contributed by atoms with Crippen LogP contribution in [-0.4, -0.2) is 15.9 Å². The number of aromatic nitrogens is 2. The second-order valence-corrected chi connectivity index (χ2v) is 4.99. The summed E-state index contributed by atoms with van der Waals surface area (Å²) in [6.07, 6.45) is 0. The normalized spacial score (nSPS) is 10.3. The van der Waals surface area contributed by atoms with Gasteiger partial charge in [-0.05, 0) is 26.0 Å². The number of carbonyl (C=O) groups excluding carboxylic acids is 1. The minimum absolute atomic E-state index is 0.118. The van der Waals surface area contributed by atoms with Crippen molar-refractivity contribution in [1.82, 2.24) is 15.3 Å². The summed E-state index contributed by atoms with van der Waals surface area (Å²) in [5.74, 6) is -0.387. The molecule has 0 fully saturated rings. The number of hydrogen-bond acceptors (Lipinski definition) is 4. The Morgan fingerprint density at radius 1 is 1.44 bits per heavy atom. The van der Waals surface area contributed by atoms with Crippen molar-refractivity contribution in [3.63, 3.8) is 0 Å². The van der Waals surface area contributed by atoms with Gasteiger partial charge in [0.1, 0.15) is 5.56 Å². The molecule has 0 saturated carbocycles. The number of carbonyl (C=O) groups is 1. The maximum Gasteiger partial charge on any atom is 0.260 e. The third-order valence-corrected chi connectivity index (χ3v) is 3.22. The quantitative estimate of drug-likeness (QED) is 0.878. The summed E-state index contributed by atoms with van der Waals surface area (Å²) in [4.78, 5) is 30.2. The number of amides is 1. The number of pyridine rings is 1. The molecule has 0 unspecified atom stereocenters. The molecule has 2 aromatic rings. The Labute approximate surface area is 108 Å². The summed E-state index contributed by atoms with van der Waals surface area (Å²) in [5, 5.41) is 5.51. The maximum absolute atomic E-state index is 11.8. The Hall–Kier alpha value is -1.95. The molecule has 0 bridgehead atoms. The van der Waals surface area contributed by atoms with Crippen molar-refractivity contribution in [3.05, 3.63) is 49.8 Å². The number of aromatic amines is 1. The minimum atomic E-state index is -0.387. The number of rotatable bonds is 3. The number of aryl methyl sites for hydroxylation is 2. The molecule has 18 heavy (non-hydrogen) atoms. The molecule has 0 aliphatic heterocycles. The van der Waals surface area contributed by atoms with Gasteiger partial charge in [0.2, 0.25) is 0 Å². The average molecular weight is 263 g/mol. The van der Waals surface area contributed by atoms with Crippen LogP contribution in [0.1, 0.15) is 26.8 Å². The van der Waals surface area contributed by atoms with Gasteiger partial charge in [-0.3, -0.25) is 9.59 Å². The van der Waals surface area contributed by atoms with Gasteiger partial charge in [0.05, 0.1) is 17.2 Å². The molecule has 2 rings (SSSR count). The molecule has 94 valence electrons. The monoisotopic (exact) mass is 263 g/mol. The van der Waals surface area contributed by atoms with Gasteiger partial charge >= 0.3 is 0 Å². The van der Waals surface area contributed by atoms with E-state index in [9.17, 15) is 9.59 Å². The Balaban J connectivity index is 2.06. The Morgan fingerprint density at radius 3 is 2.83 bits per heavy atom. The largest absolute Gasteiger partial charge is 0.346 e. The van der Waals surface area contributed by atoms with Crippen LogP contribution < -0.4 is 10.9 Å². The highest BCUT2D eigenvalue weighted by atomic mass is 32.1. The highest BCUT2D eigenvalue weighted by Gasteiger charge is 2.10. The van der Waals surface area contributed by atoms with E-state index >= 15 is 0 Å². The predicted molar refractivity (Wildman–Crippen MR) is 69.8 cm³/mol. The van der Waals surface area contributed by atoms with E-state index in [1.165, 1.54) is 17.4 Å². The van der Waals surface area contributed by atoms with E-state index < -0.39 is 0 Å². The summed E-state index contributed by atoms with van der Waals surface area (Å²) in [6, 6.07) is 3.22. The van der Waals surface area contributed by atoms with E-state index in [0.717, 1.165) is 16.4 Å². The van der Waals surface area contributed by atoms with Gasteiger partial charge in [-0.1, -0.05) is 0 Å². The second-order valence-electron chi connectivity index (χ2n) is 3.92. The molecule has 0 aliphatic rings. The maximum atomic E-state index is 11.8. The lowest BCUT2D eigenvalue weighted by Gasteiger charge is -2.02. The van der Waals surface area contributed by atoms with Crippen LogP contribution in [-0.2, 0) is 6.54 Å².